The molecule has 1 aromatic heterocycles. The summed E-state index contributed by atoms with van der Waals surface area (Å²) in [5, 5.41) is 4.25. The normalized spacial score (nSPS) is 20.4. The molecule has 1 saturated heterocycles. The first-order valence-corrected chi connectivity index (χ1v) is 7.57. The molecule has 0 aliphatic carbocycles. The number of sulfonamides is 1. The van der Waals surface area contributed by atoms with Gasteiger partial charge in [0.25, 0.3) is 0 Å². The highest BCUT2D eigenvalue weighted by Crippen LogP contribution is 2.31. The zero-order valence-corrected chi connectivity index (χ0v) is 11.3. The third kappa shape index (κ3) is 2.39. The van der Waals surface area contributed by atoms with E-state index in [0.717, 1.165) is 11.3 Å². The third-order valence-corrected chi connectivity index (χ3v) is 5.14. The summed E-state index contributed by atoms with van der Waals surface area (Å²) in [7, 11) is -3.77. The van der Waals surface area contributed by atoms with Crippen LogP contribution in [0.2, 0.25) is 5.15 Å². The summed E-state index contributed by atoms with van der Waals surface area (Å²) < 4.78 is 22.4. The maximum absolute atomic E-state index is 11.7. The minimum atomic E-state index is -3.77. The molecular weight excluding hydrogens is 302 g/mol. The van der Waals surface area contributed by atoms with Gasteiger partial charge in [-0.3, -0.25) is 14.5 Å². The van der Waals surface area contributed by atoms with E-state index in [9.17, 15) is 18.0 Å². The van der Waals surface area contributed by atoms with Crippen LogP contribution in [0.5, 0.6) is 0 Å². The Labute approximate surface area is 112 Å². The Hall–Kier alpha value is -1.03. The Balaban J connectivity index is 2.29. The van der Waals surface area contributed by atoms with Gasteiger partial charge in [-0.25, -0.2) is 18.5 Å². The van der Waals surface area contributed by atoms with Gasteiger partial charge in [0.15, 0.2) is 16.6 Å². The molecule has 2 heterocycles. The summed E-state index contributed by atoms with van der Waals surface area (Å²) in [5.74, 6) is -0.406. The van der Waals surface area contributed by atoms with Gasteiger partial charge in [-0.05, 0) is 0 Å². The second-order valence-corrected chi connectivity index (χ2v) is 6.90. The van der Waals surface area contributed by atoms with E-state index in [2.05, 4.69) is 4.98 Å². The highest BCUT2D eigenvalue weighted by molar-refractivity contribution is 7.89. The Morgan fingerprint density at radius 1 is 1.56 bits per heavy atom. The van der Waals surface area contributed by atoms with Crippen molar-refractivity contribution in [3.63, 3.8) is 0 Å². The molecule has 0 aromatic carbocycles. The molecule has 18 heavy (non-hydrogen) atoms. The molecule has 1 aliphatic heterocycles. The van der Waals surface area contributed by atoms with E-state index in [4.69, 9.17) is 16.7 Å². The SMILES string of the molecule is NS(=O)(=O)C1CC(=O)N(c2nc(Cl)c(C=O)s2)C1. The molecule has 0 bridgehead atoms. The molecule has 98 valence electrons. The number of aldehydes is 1. The van der Waals surface area contributed by atoms with Crippen molar-refractivity contribution in [1.82, 2.24) is 4.98 Å². The number of primary sulfonamides is 1. The van der Waals surface area contributed by atoms with Crippen molar-refractivity contribution < 1.29 is 18.0 Å². The van der Waals surface area contributed by atoms with Crippen molar-refractivity contribution >= 4 is 50.3 Å². The summed E-state index contributed by atoms with van der Waals surface area (Å²) in [6.07, 6.45) is 0.341. The van der Waals surface area contributed by atoms with Crippen LogP contribution < -0.4 is 10.0 Å². The summed E-state index contributed by atoms with van der Waals surface area (Å²) in [4.78, 5) is 27.5. The lowest BCUT2D eigenvalue weighted by Crippen LogP contribution is -2.32. The third-order valence-electron chi connectivity index (χ3n) is 2.49. The number of amides is 1. The smallest absolute Gasteiger partial charge is 0.230 e. The molecule has 1 aliphatic rings. The summed E-state index contributed by atoms with van der Waals surface area (Å²) in [6.45, 7) is -0.0696. The standard InChI is InChI=1S/C8H8ClN3O4S2/c9-7-5(3-13)17-8(11-7)12-2-4(1-6(12)14)18(10,15)16/h3-4H,1-2H2,(H2,10,15,16). The van der Waals surface area contributed by atoms with Crippen molar-refractivity contribution in [3.8, 4) is 0 Å². The molecule has 1 aromatic rings. The van der Waals surface area contributed by atoms with Crippen LogP contribution in [0, 0.1) is 0 Å². The number of thiazole rings is 1. The number of rotatable bonds is 3. The van der Waals surface area contributed by atoms with Gasteiger partial charge in [-0.2, -0.15) is 0 Å². The molecule has 2 N–H and O–H groups in total. The largest absolute Gasteiger partial charge is 0.297 e. The van der Waals surface area contributed by atoms with E-state index in [0.29, 0.717) is 6.29 Å². The first kappa shape index (κ1) is 13.4. The van der Waals surface area contributed by atoms with Crippen molar-refractivity contribution in [3.05, 3.63) is 10.0 Å². The van der Waals surface area contributed by atoms with Gasteiger partial charge in [-0.15, -0.1) is 0 Å². The first-order chi connectivity index (χ1) is 8.32. The van der Waals surface area contributed by atoms with Crippen LogP contribution >= 0.6 is 22.9 Å². The van der Waals surface area contributed by atoms with Crippen molar-refractivity contribution in [2.75, 3.05) is 11.4 Å². The summed E-state index contributed by atoms with van der Waals surface area (Å²) >= 11 is 6.62. The van der Waals surface area contributed by atoms with Crippen LogP contribution in [-0.2, 0) is 14.8 Å². The Kier molecular flexibility index (Phi) is 3.41. The van der Waals surface area contributed by atoms with Gasteiger partial charge in [0.1, 0.15) is 10.1 Å². The van der Waals surface area contributed by atoms with Crippen LogP contribution in [0.25, 0.3) is 0 Å². The Bertz CT molecular complexity index is 612. The average molecular weight is 310 g/mol. The number of nitrogens with zero attached hydrogens (tertiary/aromatic N) is 2. The fraction of sp³-hybridized carbons (Fsp3) is 0.375. The Morgan fingerprint density at radius 2 is 2.22 bits per heavy atom. The fourth-order valence-corrected chi connectivity index (χ4v) is 3.39. The molecule has 10 heteroatoms. The van der Waals surface area contributed by atoms with Crippen LogP contribution in [0.4, 0.5) is 5.13 Å². The Morgan fingerprint density at radius 3 is 2.67 bits per heavy atom. The minimum Gasteiger partial charge on any atom is -0.297 e. The number of nitrogens with two attached hydrogens (primary N) is 1. The lowest BCUT2D eigenvalue weighted by Gasteiger charge is -2.11. The van der Waals surface area contributed by atoms with Crippen LogP contribution in [0.1, 0.15) is 16.1 Å². The quantitative estimate of drug-likeness (QED) is 0.790. The predicted octanol–water partition coefficient (Wildman–Crippen LogP) is 0.00280. The van der Waals surface area contributed by atoms with E-state index >= 15 is 0 Å². The van der Waals surface area contributed by atoms with E-state index in [1.165, 1.54) is 4.90 Å². The molecule has 1 atom stereocenters. The monoisotopic (exact) mass is 309 g/mol. The van der Waals surface area contributed by atoms with Crippen LogP contribution in [-0.4, -0.2) is 37.4 Å². The van der Waals surface area contributed by atoms with Crippen LogP contribution in [0.15, 0.2) is 0 Å². The first-order valence-electron chi connectivity index (χ1n) is 4.76. The number of aromatic nitrogens is 1. The second-order valence-electron chi connectivity index (χ2n) is 3.69. The molecule has 1 unspecified atom stereocenters. The zero-order valence-electron chi connectivity index (χ0n) is 8.87. The van der Waals surface area contributed by atoms with Gasteiger partial charge in [0.05, 0.1) is 0 Å². The highest BCUT2D eigenvalue weighted by Gasteiger charge is 2.38. The maximum atomic E-state index is 11.7. The zero-order chi connectivity index (χ0) is 13.5. The van der Waals surface area contributed by atoms with Gasteiger partial charge in [0, 0.05) is 13.0 Å². The van der Waals surface area contributed by atoms with Crippen LogP contribution in [0.3, 0.4) is 0 Å². The van der Waals surface area contributed by atoms with Gasteiger partial charge in [-0.1, -0.05) is 22.9 Å². The van der Waals surface area contributed by atoms with E-state index in [1.54, 1.807) is 0 Å². The molecule has 0 saturated carbocycles. The average Bonchev–Trinajstić information content (AvgIpc) is 2.80. The molecular formula is C8H8ClN3O4S2. The van der Waals surface area contributed by atoms with Crippen molar-refractivity contribution in [1.29, 1.82) is 0 Å². The summed E-state index contributed by atoms with van der Waals surface area (Å²) in [6, 6.07) is 0. The number of hydrogen-bond donors (Lipinski definition) is 1. The summed E-state index contributed by atoms with van der Waals surface area (Å²) in [5.41, 5.74) is 0. The maximum Gasteiger partial charge on any atom is 0.230 e. The van der Waals surface area contributed by atoms with Gasteiger partial charge < -0.3 is 0 Å². The number of halogens is 1. The van der Waals surface area contributed by atoms with Crippen molar-refractivity contribution in [2.24, 2.45) is 5.14 Å². The number of hydrogen-bond acceptors (Lipinski definition) is 6. The number of carbonyl (C=O) groups is 2. The molecule has 0 radical (unpaired) electrons. The molecule has 1 amide bonds. The van der Waals surface area contributed by atoms with E-state index in [-0.39, 0.29) is 28.1 Å². The molecule has 0 spiro atoms. The van der Waals surface area contributed by atoms with Crippen molar-refractivity contribution in [2.45, 2.75) is 11.7 Å². The lowest BCUT2D eigenvalue weighted by molar-refractivity contribution is -0.117. The highest BCUT2D eigenvalue weighted by atomic mass is 35.5. The van der Waals surface area contributed by atoms with E-state index in [1.807, 2.05) is 0 Å². The molecule has 2 rings (SSSR count). The number of carbonyl (C=O) groups excluding carboxylic acids is 2. The lowest BCUT2D eigenvalue weighted by atomic mass is 10.4. The number of anilines is 1. The van der Waals surface area contributed by atoms with Gasteiger partial charge in [0.2, 0.25) is 15.9 Å². The fourth-order valence-electron chi connectivity index (χ4n) is 1.57. The minimum absolute atomic E-state index is 0.00291. The van der Waals surface area contributed by atoms with E-state index < -0.39 is 21.2 Å². The predicted molar refractivity (Wildman–Crippen MR) is 66.4 cm³/mol. The van der Waals surface area contributed by atoms with Gasteiger partial charge >= 0.3 is 0 Å². The molecule has 1 fully saturated rings. The topological polar surface area (TPSA) is 110 Å². The molecule has 7 nitrogen and oxygen atoms in total. The second kappa shape index (κ2) is 4.57.